The zero-order chi connectivity index (χ0) is 14.4. The molecule has 1 aromatic rings. The number of furan rings is 1. The van der Waals surface area contributed by atoms with Gasteiger partial charge in [-0.15, -0.1) is 0 Å². The molecule has 1 saturated carbocycles. The normalized spacial score (nSPS) is 28.4. The second kappa shape index (κ2) is 4.47. The zero-order valence-corrected chi connectivity index (χ0v) is 12.0. The molecule has 1 aliphatic heterocycles. The third-order valence-electron chi connectivity index (χ3n) is 4.80. The summed E-state index contributed by atoms with van der Waals surface area (Å²) in [4.78, 5) is 25.5. The Morgan fingerprint density at radius 1 is 1.15 bits per heavy atom. The van der Waals surface area contributed by atoms with Crippen LogP contribution in [0.2, 0.25) is 0 Å². The van der Waals surface area contributed by atoms with Gasteiger partial charge in [-0.3, -0.25) is 9.59 Å². The van der Waals surface area contributed by atoms with Crippen LogP contribution in [0.4, 0.5) is 0 Å². The molecule has 20 heavy (non-hydrogen) atoms. The summed E-state index contributed by atoms with van der Waals surface area (Å²) in [6.07, 6.45) is 5.09. The lowest BCUT2D eigenvalue weighted by Crippen LogP contribution is -2.55. The van der Waals surface area contributed by atoms with Crippen molar-refractivity contribution in [2.75, 3.05) is 0 Å². The van der Waals surface area contributed by atoms with Crippen molar-refractivity contribution in [3.05, 3.63) is 24.2 Å². The van der Waals surface area contributed by atoms with Gasteiger partial charge in [-0.25, -0.2) is 0 Å². The minimum atomic E-state index is -0.912. The van der Waals surface area contributed by atoms with Crippen LogP contribution in [0.25, 0.3) is 0 Å². The van der Waals surface area contributed by atoms with Crippen molar-refractivity contribution in [1.29, 1.82) is 0 Å². The molecule has 2 fully saturated rings. The van der Waals surface area contributed by atoms with E-state index in [2.05, 4.69) is 0 Å². The van der Waals surface area contributed by atoms with E-state index in [4.69, 9.17) is 9.15 Å². The zero-order valence-electron chi connectivity index (χ0n) is 12.0. The molecule has 4 nitrogen and oxygen atoms in total. The van der Waals surface area contributed by atoms with Crippen LogP contribution < -0.4 is 0 Å². The highest BCUT2D eigenvalue weighted by Crippen LogP contribution is 2.52. The van der Waals surface area contributed by atoms with Gasteiger partial charge in [0, 0.05) is 0 Å². The third kappa shape index (κ3) is 1.74. The molecule has 4 heteroatoms. The minimum absolute atomic E-state index is 0.0161. The van der Waals surface area contributed by atoms with Crippen LogP contribution in [0.15, 0.2) is 22.8 Å². The van der Waals surface area contributed by atoms with Crippen LogP contribution in [0.1, 0.15) is 57.8 Å². The van der Waals surface area contributed by atoms with E-state index >= 15 is 0 Å². The van der Waals surface area contributed by atoms with Gasteiger partial charge in [-0.2, -0.15) is 0 Å². The molecule has 1 aromatic heterocycles. The number of ether oxygens (including phenoxy) is 1. The van der Waals surface area contributed by atoms with E-state index in [1.54, 1.807) is 12.1 Å². The van der Waals surface area contributed by atoms with E-state index in [0.717, 1.165) is 19.3 Å². The molecule has 1 saturated heterocycles. The van der Waals surface area contributed by atoms with Gasteiger partial charge >= 0.3 is 5.97 Å². The predicted molar refractivity (Wildman–Crippen MR) is 71.8 cm³/mol. The maximum Gasteiger partial charge on any atom is 0.320 e. The maximum absolute atomic E-state index is 13.0. The number of esters is 1. The molecule has 0 radical (unpaired) electrons. The number of cyclic esters (lactones) is 1. The summed E-state index contributed by atoms with van der Waals surface area (Å²) in [5.74, 6) is 0.202. The summed E-state index contributed by atoms with van der Waals surface area (Å²) in [5.41, 5.74) is -1.66. The second-order valence-electron chi connectivity index (χ2n) is 6.49. The van der Waals surface area contributed by atoms with Crippen molar-refractivity contribution >= 4 is 11.8 Å². The molecule has 3 rings (SSSR count). The van der Waals surface area contributed by atoms with Gasteiger partial charge in [0.25, 0.3) is 0 Å². The summed E-state index contributed by atoms with van der Waals surface area (Å²) in [6.45, 7) is 3.70. The van der Waals surface area contributed by atoms with Crippen molar-refractivity contribution < 1.29 is 18.7 Å². The number of rotatable bonds is 1. The molecule has 2 aliphatic rings. The van der Waals surface area contributed by atoms with Crippen molar-refractivity contribution in [3.63, 3.8) is 0 Å². The van der Waals surface area contributed by atoms with E-state index in [9.17, 15) is 9.59 Å². The highest BCUT2D eigenvalue weighted by Gasteiger charge is 2.60. The van der Waals surface area contributed by atoms with E-state index in [-0.39, 0.29) is 11.8 Å². The Balaban J connectivity index is 1.99. The number of carbonyl (C=O) groups is 2. The Morgan fingerprint density at radius 3 is 2.45 bits per heavy atom. The molecule has 1 aliphatic carbocycles. The van der Waals surface area contributed by atoms with Crippen molar-refractivity contribution in [2.24, 2.45) is 10.8 Å². The van der Waals surface area contributed by atoms with Crippen LogP contribution in [-0.2, 0) is 14.3 Å². The van der Waals surface area contributed by atoms with E-state index in [1.165, 1.54) is 6.26 Å². The lowest BCUT2D eigenvalue weighted by molar-refractivity contribution is -0.193. The molecule has 0 aromatic carbocycles. The number of hydrogen-bond acceptors (Lipinski definition) is 4. The molecule has 0 unspecified atom stereocenters. The van der Waals surface area contributed by atoms with Gasteiger partial charge in [-0.1, -0.05) is 19.3 Å². The molecular formula is C16H20O4. The number of hydrogen-bond donors (Lipinski definition) is 0. The smallest absolute Gasteiger partial charge is 0.320 e. The Kier molecular flexibility index (Phi) is 3.00. The fraction of sp³-hybridized carbons (Fsp3) is 0.625. The van der Waals surface area contributed by atoms with E-state index in [1.807, 2.05) is 13.8 Å². The molecule has 2 heterocycles. The van der Waals surface area contributed by atoms with Gasteiger partial charge < -0.3 is 9.15 Å². The first kappa shape index (κ1) is 13.4. The van der Waals surface area contributed by atoms with E-state index < -0.39 is 16.9 Å². The van der Waals surface area contributed by atoms with Gasteiger partial charge in [0.15, 0.2) is 11.9 Å². The summed E-state index contributed by atoms with van der Waals surface area (Å²) < 4.78 is 11.0. The summed E-state index contributed by atoms with van der Waals surface area (Å²) in [5, 5.41) is 0. The summed E-state index contributed by atoms with van der Waals surface area (Å²) >= 11 is 0. The molecule has 0 bridgehead atoms. The molecular weight excluding hydrogens is 256 g/mol. The van der Waals surface area contributed by atoms with Crippen molar-refractivity contribution in [3.8, 4) is 0 Å². The first-order chi connectivity index (χ1) is 9.48. The van der Waals surface area contributed by atoms with Crippen LogP contribution >= 0.6 is 0 Å². The van der Waals surface area contributed by atoms with Gasteiger partial charge in [0.2, 0.25) is 0 Å². The maximum atomic E-state index is 13.0. The number of carbonyl (C=O) groups excluding carboxylic acids is 2. The number of Topliss-reactive ketones (excluding diaryl/α,β-unsaturated/α-hetero) is 1. The Morgan fingerprint density at radius 2 is 1.85 bits per heavy atom. The third-order valence-corrected chi connectivity index (χ3v) is 4.80. The highest BCUT2D eigenvalue weighted by molar-refractivity contribution is 6.08. The van der Waals surface area contributed by atoms with Gasteiger partial charge in [-0.05, 0) is 38.8 Å². The standard InChI is InChI=1S/C16H20O4/c1-15(2)12(11-7-6-10-19-11)20-14(18)16(13(15)17)8-4-3-5-9-16/h6-7,10,12H,3-5,8-9H2,1-2H3/t12-/m0/s1. The fourth-order valence-corrected chi connectivity index (χ4v) is 3.64. The average Bonchev–Trinajstić information content (AvgIpc) is 2.96. The van der Waals surface area contributed by atoms with Crippen LogP contribution in [0, 0.1) is 10.8 Å². The molecule has 1 spiro atoms. The lowest BCUT2D eigenvalue weighted by atomic mass is 9.61. The van der Waals surface area contributed by atoms with E-state index in [0.29, 0.717) is 18.6 Å². The number of ketones is 1. The Labute approximate surface area is 118 Å². The Bertz CT molecular complexity index is 521. The SMILES string of the molecule is CC1(C)C(=O)C2(CCCCC2)C(=O)O[C@H]1c1ccco1. The largest absolute Gasteiger partial charge is 0.465 e. The first-order valence-electron chi connectivity index (χ1n) is 7.28. The lowest BCUT2D eigenvalue weighted by Gasteiger charge is -2.46. The monoisotopic (exact) mass is 276 g/mol. The highest BCUT2D eigenvalue weighted by atomic mass is 16.6. The minimum Gasteiger partial charge on any atom is -0.465 e. The molecule has 1 atom stereocenters. The first-order valence-corrected chi connectivity index (χ1v) is 7.28. The summed E-state index contributed by atoms with van der Waals surface area (Å²) in [6, 6.07) is 3.50. The van der Waals surface area contributed by atoms with Crippen LogP contribution in [-0.4, -0.2) is 11.8 Å². The summed E-state index contributed by atoms with van der Waals surface area (Å²) in [7, 11) is 0. The van der Waals surface area contributed by atoms with Crippen molar-refractivity contribution in [1.82, 2.24) is 0 Å². The second-order valence-corrected chi connectivity index (χ2v) is 6.49. The van der Waals surface area contributed by atoms with Crippen LogP contribution in [0.5, 0.6) is 0 Å². The van der Waals surface area contributed by atoms with Gasteiger partial charge in [0.05, 0.1) is 11.7 Å². The predicted octanol–water partition coefficient (Wildman–Crippen LogP) is 3.42. The van der Waals surface area contributed by atoms with Crippen LogP contribution in [0.3, 0.4) is 0 Å². The quantitative estimate of drug-likeness (QED) is 0.582. The van der Waals surface area contributed by atoms with Crippen molar-refractivity contribution in [2.45, 2.75) is 52.1 Å². The van der Waals surface area contributed by atoms with Gasteiger partial charge in [0.1, 0.15) is 11.2 Å². The molecule has 0 N–H and O–H groups in total. The topological polar surface area (TPSA) is 56.5 Å². The molecule has 108 valence electrons. The average molecular weight is 276 g/mol. The molecule has 0 amide bonds. The fourth-order valence-electron chi connectivity index (χ4n) is 3.64. The Hall–Kier alpha value is -1.58.